The molecule has 0 fully saturated rings. The number of likely N-dealkylation sites (N-methyl/N-ethyl adjacent to an activating group) is 1. The van der Waals surface area contributed by atoms with Gasteiger partial charge in [0.1, 0.15) is 0 Å². The Bertz CT molecular complexity index is 1280. The summed E-state index contributed by atoms with van der Waals surface area (Å²) in [5, 5.41) is 4.86. The molecule has 34 heavy (non-hydrogen) atoms. The Labute approximate surface area is 204 Å². The number of nitrogens with one attached hydrogen (secondary N) is 1. The molecular weight excluding hydrogens is 470 g/mol. The van der Waals surface area contributed by atoms with Crippen molar-refractivity contribution >= 4 is 38.9 Å². The molecule has 1 aliphatic heterocycles. The zero-order valence-electron chi connectivity index (χ0n) is 19.3. The van der Waals surface area contributed by atoms with E-state index in [1.807, 2.05) is 29.6 Å². The lowest BCUT2D eigenvalue weighted by Gasteiger charge is -2.39. The van der Waals surface area contributed by atoms with Gasteiger partial charge in [-0.15, -0.1) is 11.3 Å². The number of benzene rings is 2. The average molecular weight is 498 g/mol. The predicted molar refractivity (Wildman–Crippen MR) is 134 cm³/mol. The van der Waals surface area contributed by atoms with E-state index in [4.69, 9.17) is 0 Å². The molecule has 0 saturated heterocycles. The summed E-state index contributed by atoms with van der Waals surface area (Å²) in [7, 11) is -1.86. The number of rotatable bonds is 7. The standard InChI is InChI=1S/C25H27N3O4S2/c1-4-28(5-2)34(31,32)18-14-12-17(13-15-18)26-24(29)22-19-9-6-7-10-20(19)25(30)27(3)23(22)21-11-8-16-33-21/h6-16,22-23H,4-5H2,1-3H3,(H,26,29). The molecule has 2 amide bonds. The number of amides is 2. The minimum Gasteiger partial charge on any atom is -0.333 e. The highest BCUT2D eigenvalue weighted by atomic mass is 32.2. The van der Waals surface area contributed by atoms with E-state index in [1.165, 1.54) is 27.8 Å². The summed E-state index contributed by atoms with van der Waals surface area (Å²) < 4.78 is 26.9. The normalized spacial score (nSPS) is 18.1. The zero-order valence-corrected chi connectivity index (χ0v) is 20.9. The third-order valence-corrected chi connectivity index (χ3v) is 9.17. The molecule has 178 valence electrons. The van der Waals surface area contributed by atoms with Crippen LogP contribution < -0.4 is 5.32 Å². The molecule has 0 bridgehead atoms. The van der Waals surface area contributed by atoms with Crippen LogP contribution in [0.5, 0.6) is 0 Å². The monoisotopic (exact) mass is 497 g/mol. The lowest BCUT2D eigenvalue weighted by molar-refractivity contribution is -0.119. The summed E-state index contributed by atoms with van der Waals surface area (Å²) >= 11 is 1.50. The van der Waals surface area contributed by atoms with Gasteiger partial charge in [0.15, 0.2) is 0 Å². The van der Waals surface area contributed by atoms with Crippen molar-refractivity contribution in [3.8, 4) is 0 Å². The third kappa shape index (κ3) is 4.26. The van der Waals surface area contributed by atoms with Gasteiger partial charge in [-0.25, -0.2) is 8.42 Å². The Kier molecular flexibility index (Phi) is 6.88. The second-order valence-electron chi connectivity index (χ2n) is 8.04. The fourth-order valence-corrected chi connectivity index (χ4v) is 6.78. The van der Waals surface area contributed by atoms with Gasteiger partial charge in [0.25, 0.3) is 5.91 Å². The molecule has 2 aromatic carbocycles. The van der Waals surface area contributed by atoms with E-state index in [1.54, 1.807) is 50.1 Å². The van der Waals surface area contributed by atoms with Crippen LogP contribution in [0.15, 0.2) is 70.9 Å². The van der Waals surface area contributed by atoms with Crippen molar-refractivity contribution in [1.29, 1.82) is 0 Å². The van der Waals surface area contributed by atoms with Crippen LogP contribution in [0.1, 0.15) is 46.6 Å². The van der Waals surface area contributed by atoms with Crippen molar-refractivity contribution in [3.63, 3.8) is 0 Å². The largest absolute Gasteiger partial charge is 0.333 e. The molecule has 0 radical (unpaired) electrons. The summed E-state index contributed by atoms with van der Waals surface area (Å²) in [4.78, 5) is 29.3. The van der Waals surface area contributed by atoms with Gasteiger partial charge in [-0.3, -0.25) is 9.59 Å². The van der Waals surface area contributed by atoms with E-state index in [-0.39, 0.29) is 16.7 Å². The zero-order chi connectivity index (χ0) is 24.5. The summed E-state index contributed by atoms with van der Waals surface area (Å²) in [6, 6.07) is 16.8. The van der Waals surface area contributed by atoms with Gasteiger partial charge >= 0.3 is 0 Å². The van der Waals surface area contributed by atoms with Gasteiger partial charge in [-0.2, -0.15) is 4.31 Å². The minimum atomic E-state index is -3.58. The Morgan fingerprint density at radius 2 is 1.71 bits per heavy atom. The summed E-state index contributed by atoms with van der Waals surface area (Å²) in [6.07, 6.45) is 0. The number of thiophene rings is 1. The molecule has 1 aliphatic rings. The molecule has 0 aliphatic carbocycles. The van der Waals surface area contributed by atoms with Gasteiger partial charge in [-0.1, -0.05) is 38.1 Å². The molecule has 3 aromatic rings. The Balaban J connectivity index is 1.66. The first-order chi connectivity index (χ1) is 16.3. The Morgan fingerprint density at radius 3 is 2.32 bits per heavy atom. The highest BCUT2D eigenvalue weighted by Gasteiger charge is 2.43. The van der Waals surface area contributed by atoms with Gasteiger partial charge in [0.05, 0.1) is 16.9 Å². The molecule has 1 aromatic heterocycles. The molecular formula is C25H27N3O4S2. The van der Waals surface area contributed by atoms with E-state index in [9.17, 15) is 18.0 Å². The lowest BCUT2D eigenvalue weighted by atomic mass is 9.81. The van der Waals surface area contributed by atoms with Crippen LogP contribution in [0, 0.1) is 0 Å². The SMILES string of the molecule is CCN(CC)S(=O)(=O)c1ccc(NC(=O)C2c3ccccc3C(=O)N(C)C2c2cccs2)cc1. The number of nitrogens with zero attached hydrogens (tertiary/aromatic N) is 2. The van der Waals surface area contributed by atoms with Gasteiger partial charge < -0.3 is 10.2 Å². The number of fused-ring (bicyclic) bond motifs is 1. The fraction of sp³-hybridized carbons (Fsp3) is 0.280. The molecule has 0 spiro atoms. The fourth-order valence-electron chi connectivity index (χ4n) is 4.42. The van der Waals surface area contributed by atoms with Gasteiger partial charge in [-0.05, 0) is 47.3 Å². The number of carbonyl (C=O) groups excluding carboxylic acids is 2. The van der Waals surface area contributed by atoms with E-state index in [0.29, 0.717) is 29.9 Å². The summed E-state index contributed by atoms with van der Waals surface area (Å²) in [6.45, 7) is 4.36. The number of anilines is 1. The highest BCUT2D eigenvalue weighted by molar-refractivity contribution is 7.89. The minimum absolute atomic E-state index is 0.121. The van der Waals surface area contributed by atoms with Crippen LogP contribution in [-0.4, -0.2) is 49.6 Å². The van der Waals surface area contributed by atoms with E-state index < -0.39 is 22.0 Å². The maximum absolute atomic E-state index is 13.6. The Morgan fingerprint density at radius 1 is 1.03 bits per heavy atom. The third-order valence-electron chi connectivity index (χ3n) is 6.16. The number of carbonyl (C=O) groups is 2. The van der Waals surface area contributed by atoms with Crippen molar-refractivity contribution in [2.24, 2.45) is 0 Å². The van der Waals surface area contributed by atoms with Crippen molar-refractivity contribution in [3.05, 3.63) is 82.0 Å². The van der Waals surface area contributed by atoms with Crippen LogP contribution in [0.3, 0.4) is 0 Å². The first kappa shape index (κ1) is 24.1. The first-order valence-corrected chi connectivity index (χ1v) is 13.4. The molecule has 4 rings (SSSR count). The molecule has 0 saturated carbocycles. The number of sulfonamides is 1. The molecule has 2 atom stereocenters. The van der Waals surface area contributed by atoms with Crippen LogP contribution in [-0.2, 0) is 14.8 Å². The maximum Gasteiger partial charge on any atom is 0.254 e. The van der Waals surface area contributed by atoms with Crippen LogP contribution in [0.25, 0.3) is 0 Å². The van der Waals surface area contributed by atoms with Crippen LogP contribution >= 0.6 is 11.3 Å². The van der Waals surface area contributed by atoms with Gasteiger partial charge in [0, 0.05) is 36.3 Å². The van der Waals surface area contributed by atoms with Crippen molar-refractivity contribution in [2.75, 3.05) is 25.5 Å². The smallest absolute Gasteiger partial charge is 0.254 e. The quantitative estimate of drug-likeness (QED) is 0.527. The summed E-state index contributed by atoms with van der Waals surface area (Å²) in [5.41, 5.74) is 1.69. The topological polar surface area (TPSA) is 86.8 Å². The van der Waals surface area contributed by atoms with E-state index in [2.05, 4.69) is 5.32 Å². The Hall–Kier alpha value is -3.01. The second-order valence-corrected chi connectivity index (χ2v) is 11.0. The van der Waals surface area contributed by atoms with Crippen molar-refractivity contribution in [1.82, 2.24) is 9.21 Å². The second kappa shape index (κ2) is 9.69. The van der Waals surface area contributed by atoms with Gasteiger partial charge in [0.2, 0.25) is 15.9 Å². The average Bonchev–Trinajstić information content (AvgIpc) is 3.36. The molecule has 1 N–H and O–H groups in total. The first-order valence-electron chi connectivity index (χ1n) is 11.1. The van der Waals surface area contributed by atoms with Crippen molar-refractivity contribution < 1.29 is 18.0 Å². The van der Waals surface area contributed by atoms with Crippen LogP contribution in [0.2, 0.25) is 0 Å². The lowest BCUT2D eigenvalue weighted by Crippen LogP contribution is -2.43. The molecule has 2 heterocycles. The highest BCUT2D eigenvalue weighted by Crippen LogP contribution is 2.43. The predicted octanol–water partition coefficient (Wildman–Crippen LogP) is 4.33. The number of hydrogen-bond acceptors (Lipinski definition) is 5. The van der Waals surface area contributed by atoms with Crippen LogP contribution in [0.4, 0.5) is 5.69 Å². The number of hydrogen-bond donors (Lipinski definition) is 1. The molecule has 7 nitrogen and oxygen atoms in total. The maximum atomic E-state index is 13.6. The summed E-state index contributed by atoms with van der Waals surface area (Å²) in [5.74, 6) is -0.995. The molecule has 2 unspecified atom stereocenters. The van der Waals surface area contributed by atoms with E-state index in [0.717, 1.165) is 4.88 Å². The van der Waals surface area contributed by atoms with E-state index >= 15 is 0 Å². The molecule has 9 heteroatoms. The van der Waals surface area contributed by atoms with Crippen molar-refractivity contribution in [2.45, 2.75) is 30.7 Å².